The average molecular weight is 744 g/mol. The van der Waals surface area contributed by atoms with Gasteiger partial charge >= 0.3 is 5.97 Å². The van der Waals surface area contributed by atoms with E-state index in [0.29, 0.717) is 66.0 Å². The topological polar surface area (TPSA) is 149 Å². The van der Waals surface area contributed by atoms with Gasteiger partial charge in [0.1, 0.15) is 24.7 Å². The molecular weight excluding hydrogens is 693 g/mol. The monoisotopic (exact) mass is 743 g/mol. The standard InChI is InChI=1S/C40H50FN7O6/c1-45(24-35(50)42-23-38(53)54-3)37(52)25-48-33-12-8-11-30(31-21-34-28(20-32(31)41)22-43-46(34)2)39(33)40(44-48)27-15-17-47(18-16-27)36(51)14-13-29(49)19-26-9-6-4-5-7-10-26/h8,11-12,20-22,26-27H,4-7,9-10,13-19,23-25H2,1-3H3,(H,42,50). The summed E-state index contributed by atoms with van der Waals surface area (Å²) in [7, 11) is 4.51. The molecule has 14 heteroatoms. The lowest BCUT2D eigenvalue weighted by Gasteiger charge is -2.31. The number of nitrogens with zero attached hydrogens (tertiary/aromatic N) is 6. The summed E-state index contributed by atoms with van der Waals surface area (Å²) < 4.78 is 23.7. The number of aromatic nitrogens is 4. The Bertz CT molecular complexity index is 2020. The van der Waals surface area contributed by atoms with Crippen LogP contribution in [0.3, 0.4) is 0 Å². The summed E-state index contributed by atoms with van der Waals surface area (Å²) in [5, 5.41) is 13.1. The second-order valence-corrected chi connectivity index (χ2v) is 14.8. The minimum Gasteiger partial charge on any atom is -0.468 e. The van der Waals surface area contributed by atoms with Crippen molar-refractivity contribution in [2.45, 2.75) is 83.1 Å². The Morgan fingerprint density at radius 1 is 0.963 bits per heavy atom. The number of benzene rings is 2. The van der Waals surface area contributed by atoms with Crippen LogP contribution in [0.5, 0.6) is 0 Å². The maximum atomic E-state index is 15.9. The molecule has 6 rings (SSSR count). The first kappa shape index (κ1) is 38.6. The molecular formula is C40H50FN7O6. The lowest BCUT2D eigenvalue weighted by atomic mass is 9.88. The molecule has 0 radical (unpaired) electrons. The molecule has 3 heterocycles. The molecule has 1 N–H and O–H groups in total. The van der Waals surface area contributed by atoms with Crippen LogP contribution in [-0.4, -0.2) is 99.2 Å². The lowest BCUT2D eigenvalue weighted by molar-refractivity contribution is -0.141. The largest absolute Gasteiger partial charge is 0.468 e. The van der Waals surface area contributed by atoms with Crippen molar-refractivity contribution < 1.29 is 33.1 Å². The molecule has 2 fully saturated rings. The molecule has 0 unspecified atom stereocenters. The van der Waals surface area contributed by atoms with E-state index in [1.807, 2.05) is 17.0 Å². The van der Waals surface area contributed by atoms with E-state index in [4.69, 9.17) is 5.10 Å². The van der Waals surface area contributed by atoms with E-state index >= 15 is 4.39 Å². The molecule has 13 nitrogen and oxygen atoms in total. The highest BCUT2D eigenvalue weighted by molar-refractivity contribution is 6.00. The number of likely N-dealkylation sites (N-methyl/N-ethyl adjacent to an activating group) is 1. The number of ether oxygens (including phenoxy) is 1. The zero-order valence-corrected chi connectivity index (χ0v) is 31.4. The molecule has 3 amide bonds. The maximum Gasteiger partial charge on any atom is 0.325 e. The number of amides is 3. The van der Waals surface area contributed by atoms with Gasteiger partial charge in [-0.05, 0) is 42.5 Å². The van der Waals surface area contributed by atoms with E-state index in [1.165, 1.54) is 50.8 Å². The van der Waals surface area contributed by atoms with Gasteiger partial charge in [-0.1, -0.05) is 50.7 Å². The summed E-state index contributed by atoms with van der Waals surface area (Å²) in [6.07, 6.45) is 10.9. The van der Waals surface area contributed by atoms with Crippen molar-refractivity contribution >= 4 is 51.3 Å². The Hall–Kier alpha value is -5.14. The van der Waals surface area contributed by atoms with Gasteiger partial charge in [0, 0.05) is 68.7 Å². The molecule has 4 aromatic rings. The summed E-state index contributed by atoms with van der Waals surface area (Å²) >= 11 is 0. The Labute approximate surface area is 314 Å². The Morgan fingerprint density at radius 2 is 1.70 bits per heavy atom. The normalized spacial score (nSPS) is 15.7. The fraction of sp³-hybridized carbons (Fsp3) is 0.525. The molecule has 54 heavy (non-hydrogen) atoms. The predicted molar refractivity (Wildman–Crippen MR) is 201 cm³/mol. The summed E-state index contributed by atoms with van der Waals surface area (Å²) in [5.41, 5.74) is 3.11. The lowest BCUT2D eigenvalue weighted by Crippen LogP contribution is -2.41. The van der Waals surface area contributed by atoms with Crippen LogP contribution in [0.4, 0.5) is 4.39 Å². The summed E-state index contributed by atoms with van der Waals surface area (Å²) in [5.74, 6) is -1.41. The van der Waals surface area contributed by atoms with Crippen molar-refractivity contribution in [2.24, 2.45) is 13.0 Å². The molecule has 0 atom stereocenters. The molecule has 1 aliphatic heterocycles. The Kier molecular flexibility index (Phi) is 12.4. The molecule has 0 spiro atoms. The predicted octanol–water partition coefficient (Wildman–Crippen LogP) is 4.89. The van der Waals surface area contributed by atoms with Gasteiger partial charge < -0.3 is 19.9 Å². The van der Waals surface area contributed by atoms with Crippen LogP contribution in [0.2, 0.25) is 0 Å². The number of halogens is 1. The van der Waals surface area contributed by atoms with Crippen molar-refractivity contribution in [3.05, 3.63) is 48.0 Å². The van der Waals surface area contributed by atoms with Crippen LogP contribution >= 0.6 is 0 Å². The number of likely N-dealkylation sites (tertiary alicyclic amines) is 1. The number of hydrogen-bond acceptors (Lipinski definition) is 8. The van der Waals surface area contributed by atoms with Crippen molar-refractivity contribution in [1.29, 1.82) is 0 Å². The van der Waals surface area contributed by atoms with Gasteiger partial charge in [-0.25, -0.2) is 4.39 Å². The fourth-order valence-corrected chi connectivity index (χ4v) is 7.92. The molecule has 1 saturated carbocycles. The number of rotatable bonds is 13. The van der Waals surface area contributed by atoms with Gasteiger partial charge in [-0.15, -0.1) is 0 Å². The molecule has 0 bridgehead atoms. The molecule has 2 aromatic carbocycles. The number of fused-ring (bicyclic) bond motifs is 2. The Morgan fingerprint density at radius 3 is 2.43 bits per heavy atom. The molecule has 1 aliphatic carbocycles. The van der Waals surface area contributed by atoms with Crippen LogP contribution in [0.25, 0.3) is 32.9 Å². The van der Waals surface area contributed by atoms with Crippen LogP contribution in [0.1, 0.15) is 82.2 Å². The zero-order chi connectivity index (χ0) is 38.4. The number of carbonyl (C=O) groups is 5. The molecule has 2 aliphatic rings. The quantitative estimate of drug-likeness (QED) is 0.150. The van der Waals surface area contributed by atoms with Crippen LogP contribution in [0.15, 0.2) is 36.5 Å². The Balaban J connectivity index is 1.21. The zero-order valence-electron chi connectivity index (χ0n) is 31.4. The summed E-state index contributed by atoms with van der Waals surface area (Å²) in [6, 6.07) is 8.74. The van der Waals surface area contributed by atoms with E-state index in [1.54, 1.807) is 34.7 Å². The van der Waals surface area contributed by atoms with Crippen LogP contribution < -0.4 is 5.32 Å². The summed E-state index contributed by atoms with van der Waals surface area (Å²) in [6.45, 7) is 0.221. The van der Waals surface area contributed by atoms with E-state index < -0.39 is 17.7 Å². The molecule has 2 aromatic heterocycles. The number of nitrogens with one attached hydrogen (secondary N) is 1. The van der Waals surface area contributed by atoms with Crippen molar-refractivity contribution in [2.75, 3.05) is 40.3 Å². The second-order valence-electron chi connectivity index (χ2n) is 14.8. The highest BCUT2D eigenvalue weighted by Gasteiger charge is 2.30. The minimum absolute atomic E-state index is 0.0189. The number of piperidine rings is 1. The first-order valence-corrected chi connectivity index (χ1v) is 19.0. The smallest absolute Gasteiger partial charge is 0.325 e. The molecule has 1 saturated heterocycles. The van der Waals surface area contributed by atoms with Gasteiger partial charge in [0.2, 0.25) is 17.7 Å². The highest BCUT2D eigenvalue weighted by Crippen LogP contribution is 2.40. The second kappa shape index (κ2) is 17.3. The van der Waals surface area contributed by atoms with Crippen molar-refractivity contribution in [1.82, 2.24) is 34.7 Å². The van der Waals surface area contributed by atoms with E-state index in [2.05, 4.69) is 15.2 Å². The number of aryl methyl sites for hydroxylation is 1. The number of carbonyl (C=O) groups excluding carboxylic acids is 5. The summed E-state index contributed by atoms with van der Waals surface area (Å²) in [4.78, 5) is 66.4. The first-order valence-electron chi connectivity index (χ1n) is 19.0. The van der Waals surface area contributed by atoms with Gasteiger partial charge in [0.05, 0.1) is 36.6 Å². The number of hydrogen-bond donors (Lipinski definition) is 1. The number of methoxy groups -OCH3 is 1. The minimum atomic E-state index is -0.604. The first-order chi connectivity index (χ1) is 26.0. The van der Waals surface area contributed by atoms with Gasteiger partial charge in [0.25, 0.3) is 0 Å². The van der Waals surface area contributed by atoms with E-state index in [0.717, 1.165) is 23.7 Å². The number of esters is 1. The third-order valence-corrected chi connectivity index (χ3v) is 11.0. The van der Waals surface area contributed by atoms with Crippen LogP contribution in [0, 0.1) is 11.7 Å². The number of ketones is 1. The third kappa shape index (κ3) is 8.96. The van der Waals surface area contributed by atoms with Crippen molar-refractivity contribution in [3.63, 3.8) is 0 Å². The SMILES string of the molecule is COC(=O)CNC(=O)CN(C)C(=O)Cn1nc(C2CCN(C(=O)CCC(=O)CC3CCCCCC3)CC2)c2c(-c3cc4c(cnn4C)cc3F)cccc21. The van der Waals surface area contributed by atoms with Gasteiger partial charge in [-0.3, -0.25) is 33.3 Å². The van der Waals surface area contributed by atoms with E-state index in [9.17, 15) is 24.0 Å². The third-order valence-electron chi connectivity index (χ3n) is 11.0. The van der Waals surface area contributed by atoms with Gasteiger partial charge in [0.15, 0.2) is 0 Å². The van der Waals surface area contributed by atoms with Gasteiger partial charge in [-0.2, -0.15) is 10.2 Å². The van der Waals surface area contributed by atoms with E-state index in [-0.39, 0.29) is 56.0 Å². The number of Topliss-reactive ketones (excluding diaryl/α,β-unsaturated/α-hetero) is 1. The highest BCUT2D eigenvalue weighted by atomic mass is 19.1. The fourth-order valence-electron chi connectivity index (χ4n) is 7.92. The van der Waals surface area contributed by atoms with Crippen molar-refractivity contribution in [3.8, 4) is 11.1 Å². The maximum absolute atomic E-state index is 15.9. The molecule has 288 valence electrons. The average Bonchev–Trinajstić information content (AvgIpc) is 3.60. The van der Waals surface area contributed by atoms with Crippen LogP contribution in [-0.2, 0) is 42.3 Å².